The van der Waals surface area contributed by atoms with Crippen molar-refractivity contribution in [2.45, 2.75) is 20.3 Å². The molecule has 0 aliphatic rings. The van der Waals surface area contributed by atoms with E-state index in [9.17, 15) is 4.79 Å². The molecule has 1 aromatic heterocycles. The van der Waals surface area contributed by atoms with Crippen molar-refractivity contribution in [2.24, 2.45) is 5.10 Å². The summed E-state index contributed by atoms with van der Waals surface area (Å²) < 4.78 is 5.32. The quantitative estimate of drug-likeness (QED) is 0.681. The molecule has 0 radical (unpaired) electrons. The molecule has 21 heavy (non-hydrogen) atoms. The summed E-state index contributed by atoms with van der Waals surface area (Å²) in [4.78, 5) is 12.8. The normalized spacial score (nSPS) is 11.3. The number of carbonyl (C=O) groups is 1. The zero-order valence-corrected chi connectivity index (χ0v) is 13.2. The minimum absolute atomic E-state index is 0.122. The van der Waals surface area contributed by atoms with Crippen LogP contribution in [0.15, 0.2) is 40.8 Å². The van der Waals surface area contributed by atoms with Gasteiger partial charge in [-0.15, -0.1) is 11.3 Å². The van der Waals surface area contributed by atoms with Gasteiger partial charge in [0.05, 0.1) is 19.2 Å². The molecule has 0 spiro atoms. The topological polar surface area (TPSA) is 50.7 Å². The van der Waals surface area contributed by atoms with Crippen molar-refractivity contribution < 1.29 is 9.53 Å². The van der Waals surface area contributed by atoms with Crippen molar-refractivity contribution in [2.75, 3.05) is 7.11 Å². The van der Waals surface area contributed by atoms with E-state index in [4.69, 9.17) is 4.74 Å². The fourth-order valence-corrected chi connectivity index (χ4v) is 2.63. The fraction of sp³-hybridized carbons (Fsp3) is 0.250. The monoisotopic (exact) mass is 302 g/mol. The van der Waals surface area contributed by atoms with Gasteiger partial charge in [0.1, 0.15) is 5.75 Å². The Bertz CT molecular complexity index is 648. The molecule has 0 fully saturated rings. The molecule has 1 heterocycles. The van der Waals surface area contributed by atoms with Gasteiger partial charge in [-0.05, 0) is 37.4 Å². The van der Waals surface area contributed by atoms with E-state index in [1.165, 1.54) is 0 Å². The first-order chi connectivity index (χ1) is 10.1. The third-order valence-electron chi connectivity index (χ3n) is 3.01. The van der Waals surface area contributed by atoms with Gasteiger partial charge in [0, 0.05) is 10.4 Å². The number of benzene rings is 1. The lowest BCUT2D eigenvalue weighted by molar-refractivity contribution is -0.120. The van der Waals surface area contributed by atoms with Gasteiger partial charge in [0.25, 0.3) is 0 Å². The minimum atomic E-state index is -0.122. The standard InChI is InChI=1S/C16H18N2O2S/c1-11-6-7-15(20-3)14(9-11)12(2)17-18-16(19)10-13-5-4-8-21-13/h4-9H,10H2,1-3H3,(H,18,19)/b17-12-. The molecule has 0 aliphatic carbocycles. The maximum absolute atomic E-state index is 11.8. The third kappa shape index (κ3) is 4.16. The van der Waals surface area contributed by atoms with Crippen LogP contribution < -0.4 is 10.2 Å². The van der Waals surface area contributed by atoms with Crippen molar-refractivity contribution in [3.63, 3.8) is 0 Å². The van der Waals surface area contributed by atoms with Crippen LogP contribution in [0.1, 0.15) is 22.9 Å². The average Bonchev–Trinajstić information content (AvgIpc) is 2.97. The number of aryl methyl sites for hydroxylation is 1. The van der Waals surface area contributed by atoms with Crippen molar-refractivity contribution >= 4 is 23.0 Å². The molecule has 0 saturated heterocycles. The number of ether oxygens (including phenoxy) is 1. The van der Waals surface area contributed by atoms with E-state index in [-0.39, 0.29) is 5.91 Å². The van der Waals surface area contributed by atoms with Gasteiger partial charge < -0.3 is 4.74 Å². The Labute approximate surface area is 128 Å². The molecule has 0 atom stereocenters. The summed E-state index contributed by atoms with van der Waals surface area (Å²) in [5.41, 5.74) is 5.31. The van der Waals surface area contributed by atoms with Crippen molar-refractivity contribution in [1.29, 1.82) is 0 Å². The fourth-order valence-electron chi connectivity index (χ4n) is 1.92. The lowest BCUT2D eigenvalue weighted by Crippen LogP contribution is -2.21. The minimum Gasteiger partial charge on any atom is -0.496 e. The van der Waals surface area contributed by atoms with Gasteiger partial charge in [-0.3, -0.25) is 4.79 Å². The number of nitrogens with zero attached hydrogens (tertiary/aromatic N) is 1. The Balaban J connectivity index is 2.07. The molecule has 2 aromatic rings. The summed E-state index contributed by atoms with van der Waals surface area (Å²) in [6.45, 7) is 3.86. The van der Waals surface area contributed by atoms with E-state index < -0.39 is 0 Å². The highest BCUT2D eigenvalue weighted by molar-refractivity contribution is 7.10. The number of carbonyl (C=O) groups excluding carboxylic acids is 1. The van der Waals surface area contributed by atoms with Gasteiger partial charge in [0.2, 0.25) is 5.91 Å². The highest BCUT2D eigenvalue weighted by Gasteiger charge is 2.08. The summed E-state index contributed by atoms with van der Waals surface area (Å²) in [5.74, 6) is 0.623. The summed E-state index contributed by atoms with van der Waals surface area (Å²) in [7, 11) is 1.62. The molecule has 110 valence electrons. The van der Waals surface area contributed by atoms with Crippen LogP contribution in [0.4, 0.5) is 0 Å². The number of hydrogen-bond donors (Lipinski definition) is 1. The first kappa shape index (κ1) is 15.3. The van der Waals surface area contributed by atoms with Gasteiger partial charge in [-0.1, -0.05) is 17.7 Å². The van der Waals surface area contributed by atoms with Crippen molar-refractivity contribution in [1.82, 2.24) is 5.43 Å². The van der Waals surface area contributed by atoms with E-state index in [2.05, 4.69) is 10.5 Å². The number of rotatable bonds is 5. The summed E-state index contributed by atoms with van der Waals surface area (Å²) >= 11 is 1.56. The smallest absolute Gasteiger partial charge is 0.245 e. The number of nitrogens with one attached hydrogen (secondary N) is 1. The Kier molecular flexibility index (Phi) is 5.11. The maximum Gasteiger partial charge on any atom is 0.245 e. The Hall–Kier alpha value is -2.14. The lowest BCUT2D eigenvalue weighted by atomic mass is 10.1. The number of hydrogen-bond acceptors (Lipinski definition) is 4. The number of hydrazone groups is 1. The maximum atomic E-state index is 11.8. The SMILES string of the molecule is COc1ccc(C)cc1/C(C)=N\NC(=O)Cc1cccs1. The summed E-state index contributed by atoms with van der Waals surface area (Å²) in [6, 6.07) is 9.73. The molecular weight excluding hydrogens is 284 g/mol. The van der Waals surface area contributed by atoms with Crippen LogP contribution >= 0.6 is 11.3 Å². The van der Waals surface area contributed by atoms with E-state index in [1.54, 1.807) is 18.4 Å². The first-order valence-electron chi connectivity index (χ1n) is 6.60. The molecule has 0 saturated carbocycles. The molecule has 4 nitrogen and oxygen atoms in total. The zero-order chi connectivity index (χ0) is 15.2. The molecular formula is C16H18N2O2S. The Morgan fingerprint density at radius 2 is 2.19 bits per heavy atom. The van der Waals surface area contributed by atoms with Crippen molar-refractivity contribution in [3.8, 4) is 5.75 Å². The van der Waals surface area contributed by atoms with Crippen LogP contribution in [0.5, 0.6) is 5.75 Å². The summed E-state index contributed by atoms with van der Waals surface area (Å²) in [6.07, 6.45) is 0.347. The predicted octanol–water partition coefficient (Wildman–Crippen LogP) is 3.15. The van der Waals surface area contributed by atoms with Crippen LogP contribution in [0.2, 0.25) is 0 Å². The Morgan fingerprint density at radius 3 is 2.86 bits per heavy atom. The second-order valence-corrected chi connectivity index (χ2v) is 5.72. The average molecular weight is 302 g/mol. The molecule has 5 heteroatoms. The van der Waals surface area contributed by atoms with Gasteiger partial charge in [-0.2, -0.15) is 5.10 Å². The highest BCUT2D eigenvalue weighted by atomic mass is 32.1. The highest BCUT2D eigenvalue weighted by Crippen LogP contribution is 2.20. The predicted molar refractivity (Wildman–Crippen MR) is 86.1 cm³/mol. The second kappa shape index (κ2) is 7.04. The van der Waals surface area contributed by atoms with Crippen molar-refractivity contribution in [3.05, 3.63) is 51.7 Å². The van der Waals surface area contributed by atoms with Gasteiger partial charge >= 0.3 is 0 Å². The molecule has 0 aliphatic heterocycles. The van der Waals surface area contributed by atoms with E-state index >= 15 is 0 Å². The zero-order valence-electron chi connectivity index (χ0n) is 12.3. The molecule has 0 unspecified atom stereocenters. The van der Waals surface area contributed by atoms with Crippen LogP contribution in [0, 0.1) is 6.92 Å². The van der Waals surface area contributed by atoms with Gasteiger partial charge in [0.15, 0.2) is 0 Å². The Morgan fingerprint density at radius 1 is 1.38 bits per heavy atom. The van der Waals surface area contributed by atoms with Crippen LogP contribution in [0.3, 0.4) is 0 Å². The number of thiophene rings is 1. The van der Waals surface area contributed by atoms with E-state index in [1.807, 2.05) is 49.6 Å². The first-order valence-corrected chi connectivity index (χ1v) is 7.48. The third-order valence-corrected chi connectivity index (χ3v) is 3.88. The van der Waals surface area contributed by atoms with E-state index in [0.29, 0.717) is 6.42 Å². The second-order valence-electron chi connectivity index (χ2n) is 4.69. The van der Waals surface area contributed by atoms with Gasteiger partial charge in [-0.25, -0.2) is 5.43 Å². The molecule has 1 N–H and O–H groups in total. The molecule has 1 amide bonds. The molecule has 0 bridgehead atoms. The number of amides is 1. The molecule has 2 rings (SSSR count). The number of methoxy groups -OCH3 is 1. The largest absolute Gasteiger partial charge is 0.496 e. The summed E-state index contributed by atoms with van der Waals surface area (Å²) in [5, 5.41) is 6.12. The molecule has 1 aromatic carbocycles. The lowest BCUT2D eigenvalue weighted by Gasteiger charge is -2.09. The van der Waals surface area contributed by atoms with Crippen LogP contribution in [0.25, 0.3) is 0 Å². The van der Waals surface area contributed by atoms with Crippen LogP contribution in [-0.4, -0.2) is 18.7 Å². The van der Waals surface area contributed by atoms with E-state index in [0.717, 1.165) is 27.5 Å². The van der Waals surface area contributed by atoms with Crippen LogP contribution in [-0.2, 0) is 11.2 Å².